The highest BCUT2D eigenvalue weighted by atomic mass is 16.5. The van der Waals surface area contributed by atoms with Crippen LogP contribution in [0.3, 0.4) is 0 Å². The first-order valence-corrected chi connectivity index (χ1v) is 11.9. The zero-order valence-electron chi connectivity index (χ0n) is 19.9. The van der Waals surface area contributed by atoms with Crippen LogP contribution in [0.1, 0.15) is 55.3 Å². The third-order valence-corrected chi connectivity index (χ3v) is 6.53. The Morgan fingerprint density at radius 1 is 1.06 bits per heavy atom. The fraction of sp³-hybridized carbons (Fsp3) is 0.440. The summed E-state index contributed by atoms with van der Waals surface area (Å²) in [5, 5.41) is 16.7. The number of hydrogen-bond acceptors (Lipinski definition) is 7. The lowest BCUT2D eigenvalue weighted by molar-refractivity contribution is -0.116. The van der Waals surface area contributed by atoms with Gasteiger partial charge in [-0.05, 0) is 62.9 Å². The Balaban J connectivity index is 1.50. The number of aromatic nitrogens is 4. The highest BCUT2D eigenvalue weighted by Crippen LogP contribution is 2.42. The Hall–Kier alpha value is -3.62. The van der Waals surface area contributed by atoms with Crippen molar-refractivity contribution < 1.29 is 14.3 Å². The molecule has 34 heavy (non-hydrogen) atoms. The Kier molecular flexibility index (Phi) is 6.08. The van der Waals surface area contributed by atoms with E-state index in [0.717, 1.165) is 35.7 Å². The molecule has 0 unspecified atom stereocenters. The number of amides is 1. The average molecular weight is 463 g/mol. The molecule has 3 aromatic rings. The van der Waals surface area contributed by atoms with E-state index >= 15 is 0 Å². The van der Waals surface area contributed by atoms with Crippen molar-refractivity contribution in [1.82, 2.24) is 20.0 Å². The van der Waals surface area contributed by atoms with Crippen molar-refractivity contribution in [2.75, 3.05) is 37.0 Å². The van der Waals surface area contributed by atoms with Gasteiger partial charge in [-0.3, -0.25) is 4.79 Å². The summed E-state index contributed by atoms with van der Waals surface area (Å²) in [7, 11) is 1.62. The summed E-state index contributed by atoms with van der Waals surface area (Å²) in [6, 6.07) is 9.73. The van der Waals surface area contributed by atoms with Crippen LogP contribution in [0.2, 0.25) is 0 Å². The van der Waals surface area contributed by atoms with Crippen molar-refractivity contribution in [1.29, 1.82) is 0 Å². The second kappa shape index (κ2) is 9.32. The molecule has 0 saturated carbocycles. The summed E-state index contributed by atoms with van der Waals surface area (Å²) >= 11 is 0. The molecule has 2 aromatic heterocycles. The maximum absolute atomic E-state index is 12.7. The van der Waals surface area contributed by atoms with E-state index in [1.54, 1.807) is 11.8 Å². The van der Waals surface area contributed by atoms with Crippen LogP contribution in [0.4, 0.5) is 11.6 Å². The summed E-state index contributed by atoms with van der Waals surface area (Å²) in [4.78, 5) is 15.0. The van der Waals surface area contributed by atoms with Gasteiger partial charge in [0.2, 0.25) is 5.91 Å². The first-order valence-electron chi connectivity index (χ1n) is 11.9. The third-order valence-electron chi connectivity index (χ3n) is 6.53. The van der Waals surface area contributed by atoms with Gasteiger partial charge in [0.15, 0.2) is 23.1 Å². The normalized spacial score (nSPS) is 17.8. The topological polar surface area (TPSA) is 94.4 Å². The molecule has 9 heteroatoms. The summed E-state index contributed by atoms with van der Waals surface area (Å²) in [5.41, 5.74) is 2.80. The number of carbonyl (C=O) groups excluding carboxylic acids is 1. The molecule has 0 aliphatic carbocycles. The molecule has 1 atom stereocenters. The number of nitrogens with one attached hydrogen (secondary N) is 1. The van der Waals surface area contributed by atoms with Crippen molar-refractivity contribution in [2.24, 2.45) is 0 Å². The number of carbonyl (C=O) groups is 1. The van der Waals surface area contributed by atoms with Crippen LogP contribution in [0.5, 0.6) is 11.5 Å². The molecule has 9 nitrogen and oxygen atoms in total. The lowest BCUT2D eigenvalue weighted by Gasteiger charge is -2.27. The van der Waals surface area contributed by atoms with Gasteiger partial charge in [0.25, 0.3) is 0 Å². The van der Waals surface area contributed by atoms with E-state index in [0.29, 0.717) is 36.2 Å². The highest BCUT2D eigenvalue weighted by Gasteiger charge is 2.33. The van der Waals surface area contributed by atoms with Crippen molar-refractivity contribution >= 4 is 17.5 Å². The number of rotatable bonds is 6. The zero-order chi connectivity index (χ0) is 23.7. The summed E-state index contributed by atoms with van der Waals surface area (Å²) in [6.07, 6.45) is 3.95. The molecule has 1 N–H and O–H groups in total. The Bertz CT molecular complexity index is 1180. The van der Waals surface area contributed by atoms with E-state index in [4.69, 9.17) is 14.6 Å². The summed E-state index contributed by atoms with van der Waals surface area (Å²) in [6.45, 7) is 6.46. The third kappa shape index (κ3) is 4.06. The number of benzene rings is 1. The molecule has 4 heterocycles. The molecule has 1 aromatic carbocycles. The quantitative estimate of drug-likeness (QED) is 0.595. The van der Waals surface area contributed by atoms with Gasteiger partial charge in [-0.2, -0.15) is 9.78 Å². The lowest BCUT2D eigenvalue weighted by Crippen LogP contribution is -2.30. The van der Waals surface area contributed by atoms with E-state index in [1.165, 1.54) is 19.3 Å². The fourth-order valence-corrected chi connectivity index (χ4v) is 4.90. The molecule has 0 radical (unpaired) electrons. The van der Waals surface area contributed by atoms with Gasteiger partial charge >= 0.3 is 0 Å². The van der Waals surface area contributed by atoms with Crippen LogP contribution in [0, 0.1) is 6.92 Å². The van der Waals surface area contributed by atoms with Crippen molar-refractivity contribution in [3.8, 4) is 17.3 Å². The Morgan fingerprint density at radius 3 is 2.53 bits per heavy atom. The Labute approximate surface area is 199 Å². The summed E-state index contributed by atoms with van der Waals surface area (Å²) < 4.78 is 12.9. The molecule has 2 aliphatic heterocycles. The SMILES string of the molecule is CCOc1ccc([C@@H]2CC(=O)Nc3c2c(C)nn3-c2ccc(N3CCCCC3)nn2)cc1OC. The van der Waals surface area contributed by atoms with Gasteiger partial charge in [-0.15, -0.1) is 10.2 Å². The highest BCUT2D eigenvalue weighted by molar-refractivity contribution is 5.95. The van der Waals surface area contributed by atoms with E-state index in [1.807, 2.05) is 44.2 Å². The molecule has 1 saturated heterocycles. The largest absolute Gasteiger partial charge is 0.493 e. The van der Waals surface area contributed by atoms with E-state index in [-0.39, 0.29) is 11.8 Å². The number of hydrogen-bond donors (Lipinski definition) is 1. The van der Waals surface area contributed by atoms with Crippen LogP contribution in [-0.4, -0.2) is 52.7 Å². The molecular formula is C25H30N6O3. The number of nitrogens with zero attached hydrogens (tertiary/aromatic N) is 5. The number of ether oxygens (including phenoxy) is 2. The molecular weight excluding hydrogens is 432 g/mol. The number of anilines is 2. The van der Waals surface area contributed by atoms with E-state index < -0.39 is 0 Å². The second-order valence-corrected chi connectivity index (χ2v) is 8.71. The van der Waals surface area contributed by atoms with Crippen molar-refractivity contribution in [3.05, 3.63) is 47.2 Å². The van der Waals surface area contributed by atoms with Crippen LogP contribution in [0.15, 0.2) is 30.3 Å². The van der Waals surface area contributed by atoms with Crippen LogP contribution in [0.25, 0.3) is 5.82 Å². The first-order chi connectivity index (χ1) is 16.6. The molecule has 0 bridgehead atoms. The molecule has 178 valence electrons. The standard InChI is InChI=1S/C25H30N6O3/c1-4-34-19-9-8-17(14-20(19)33-3)18-15-23(32)26-25-24(18)16(2)29-31(25)22-11-10-21(27-28-22)30-12-6-5-7-13-30/h8-11,14,18H,4-7,12-13,15H2,1-3H3,(H,26,32)/t18-/m0/s1. The van der Waals surface area contributed by atoms with Gasteiger partial charge < -0.3 is 19.7 Å². The van der Waals surface area contributed by atoms with Gasteiger partial charge in [0.05, 0.1) is 19.4 Å². The molecule has 1 amide bonds. The lowest BCUT2D eigenvalue weighted by atomic mass is 9.85. The number of aryl methyl sites for hydroxylation is 1. The first kappa shape index (κ1) is 22.2. The van der Waals surface area contributed by atoms with Crippen molar-refractivity contribution in [3.63, 3.8) is 0 Å². The minimum absolute atomic E-state index is 0.0654. The van der Waals surface area contributed by atoms with Gasteiger partial charge in [-0.25, -0.2) is 0 Å². The molecule has 2 aliphatic rings. The smallest absolute Gasteiger partial charge is 0.226 e. The minimum atomic E-state index is -0.150. The second-order valence-electron chi connectivity index (χ2n) is 8.71. The predicted molar refractivity (Wildman–Crippen MR) is 129 cm³/mol. The number of piperidine rings is 1. The zero-order valence-corrected chi connectivity index (χ0v) is 19.9. The van der Waals surface area contributed by atoms with Crippen LogP contribution >= 0.6 is 0 Å². The van der Waals surface area contributed by atoms with Gasteiger partial charge in [-0.1, -0.05) is 6.07 Å². The Morgan fingerprint density at radius 2 is 1.82 bits per heavy atom. The summed E-state index contributed by atoms with van der Waals surface area (Å²) in [5.74, 6) is 3.22. The molecule has 0 spiro atoms. The average Bonchev–Trinajstić information content (AvgIpc) is 3.20. The maximum atomic E-state index is 12.7. The van der Waals surface area contributed by atoms with E-state index in [9.17, 15) is 4.79 Å². The molecule has 1 fully saturated rings. The fourth-order valence-electron chi connectivity index (χ4n) is 4.90. The number of methoxy groups -OCH3 is 1. The van der Waals surface area contributed by atoms with E-state index in [2.05, 4.69) is 20.4 Å². The van der Waals surface area contributed by atoms with Gasteiger partial charge in [0.1, 0.15) is 5.82 Å². The predicted octanol–water partition coefficient (Wildman–Crippen LogP) is 3.84. The molecule has 5 rings (SSSR count). The minimum Gasteiger partial charge on any atom is -0.493 e. The van der Waals surface area contributed by atoms with Crippen molar-refractivity contribution in [2.45, 2.75) is 45.4 Å². The van der Waals surface area contributed by atoms with Gasteiger partial charge in [0, 0.05) is 31.0 Å². The maximum Gasteiger partial charge on any atom is 0.226 e. The van der Waals surface area contributed by atoms with Crippen LogP contribution in [-0.2, 0) is 4.79 Å². The number of fused-ring (bicyclic) bond motifs is 1. The monoisotopic (exact) mass is 462 g/mol. The van der Waals surface area contributed by atoms with Crippen LogP contribution < -0.4 is 19.7 Å².